The summed E-state index contributed by atoms with van der Waals surface area (Å²) in [6.45, 7) is 4.03. The number of hydrogen-bond acceptors (Lipinski definition) is 3. The van der Waals surface area contributed by atoms with Gasteiger partial charge in [-0.15, -0.1) is 11.3 Å². The average molecular weight is 311 g/mol. The molecule has 0 saturated heterocycles. The van der Waals surface area contributed by atoms with E-state index in [0.717, 1.165) is 27.5 Å². The van der Waals surface area contributed by atoms with Crippen molar-refractivity contribution in [2.45, 2.75) is 13.8 Å². The molecule has 2 aromatic heterocycles. The molecule has 5 heteroatoms. The van der Waals surface area contributed by atoms with Gasteiger partial charge in [0.05, 0.1) is 10.6 Å². The van der Waals surface area contributed by atoms with Crippen molar-refractivity contribution in [2.75, 3.05) is 5.32 Å². The third-order valence-electron chi connectivity index (χ3n) is 3.62. The summed E-state index contributed by atoms with van der Waals surface area (Å²) in [5.74, 6) is -0.0818. The second-order valence-corrected chi connectivity index (χ2v) is 6.24. The van der Waals surface area contributed by atoms with Crippen LogP contribution in [0.5, 0.6) is 0 Å². The molecule has 0 spiro atoms. The van der Waals surface area contributed by atoms with Gasteiger partial charge < -0.3 is 5.32 Å². The van der Waals surface area contributed by atoms with E-state index < -0.39 is 0 Å². The first-order valence-electron chi connectivity index (χ1n) is 7.03. The number of nitrogens with one attached hydrogen (secondary N) is 1. The maximum absolute atomic E-state index is 12.3. The second kappa shape index (κ2) is 5.77. The number of para-hydroxylation sites is 1. The summed E-state index contributed by atoms with van der Waals surface area (Å²) in [5.41, 5.74) is 4.01. The summed E-state index contributed by atoms with van der Waals surface area (Å²) in [6, 6.07) is 13.3. The third-order valence-corrected chi connectivity index (χ3v) is 4.72. The lowest BCUT2D eigenvalue weighted by Crippen LogP contribution is -2.09. The monoisotopic (exact) mass is 311 g/mol. The maximum Gasteiger partial charge on any atom is 0.265 e. The highest BCUT2D eigenvalue weighted by molar-refractivity contribution is 7.17. The van der Waals surface area contributed by atoms with Crippen LogP contribution in [0.25, 0.3) is 10.4 Å². The molecule has 0 bridgehead atoms. The normalized spacial score (nSPS) is 10.7. The molecule has 0 aliphatic rings. The Bertz CT molecular complexity index is 818. The number of benzene rings is 1. The fraction of sp³-hybridized carbons (Fsp3) is 0.176. The van der Waals surface area contributed by atoms with Gasteiger partial charge in [-0.05, 0) is 38.1 Å². The molecule has 1 amide bonds. The molecular formula is C17H17N3OS. The Morgan fingerprint density at radius 3 is 2.50 bits per heavy atom. The number of anilines is 1. The number of rotatable bonds is 3. The van der Waals surface area contributed by atoms with Gasteiger partial charge in [0.25, 0.3) is 5.91 Å². The first-order valence-corrected chi connectivity index (χ1v) is 7.84. The minimum atomic E-state index is -0.0818. The first kappa shape index (κ1) is 14.5. The van der Waals surface area contributed by atoms with E-state index in [-0.39, 0.29) is 5.91 Å². The molecule has 0 aliphatic heterocycles. The Balaban J connectivity index is 1.86. The minimum Gasteiger partial charge on any atom is -0.321 e. The predicted octanol–water partition coefficient (Wildman–Crippen LogP) is 4.02. The van der Waals surface area contributed by atoms with Gasteiger partial charge >= 0.3 is 0 Å². The zero-order valence-electron chi connectivity index (χ0n) is 12.8. The molecule has 0 fully saturated rings. The minimum absolute atomic E-state index is 0.0818. The standard InChI is InChI=1S/C17H17N3OS/c1-11-16(12(2)20(3)19-11)14-9-10-15(22-14)17(21)18-13-7-5-4-6-8-13/h4-10H,1-3H3,(H,18,21). The van der Waals surface area contributed by atoms with E-state index in [4.69, 9.17) is 0 Å². The van der Waals surface area contributed by atoms with Gasteiger partial charge in [-0.3, -0.25) is 9.48 Å². The highest BCUT2D eigenvalue weighted by Gasteiger charge is 2.16. The van der Waals surface area contributed by atoms with Gasteiger partial charge in [0.15, 0.2) is 0 Å². The summed E-state index contributed by atoms with van der Waals surface area (Å²) in [4.78, 5) is 14.1. The molecule has 2 heterocycles. The van der Waals surface area contributed by atoms with E-state index >= 15 is 0 Å². The second-order valence-electron chi connectivity index (χ2n) is 5.15. The van der Waals surface area contributed by atoms with E-state index in [1.807, 2.05) is 68.0 Å². The number of aromatic nitrogens is 2. The highest BCUT2D eigenvalue weighted by Crippen LogP contribution is 2.33. The maximum atomic E-state index is 12.3. The lowest BCUT2D eigenvalue weighted by molar-refractivity contribution is 0.103. The lowest BCUT2D eigenvalue weighted by Gasteiger charge is -2.02. The molecule has 0 saturated carbocycles. The molecule has 0 atom stereocenters. The molecule has 4 nitrogen and oxygen atoms in total. The van der Waals surface area contributed by atoms with E-state index in [1.54, 1.807) is 0 Å². The Labute approximate surface area is 133 Å². The average Bonchev–Trinajstić information content (AvgIpc) is 3.06. The van der Waals surface area contributed by atoms with Crippen molar-refractivity contribution < 1.29 is 4.79 Å². The molecule has 3 rings (SSSR count). The number of nitrogens with zero attached hydrogens (tertiary/aromatic N) is 2. The summed E-state index contributed by atoms with van der Waals surface area (Å²) in [5, 5.41) is 7.34. The Morgan fingerprint density at radius 1 is 1.14 bits per heavy atom. The first-order chi connectivity index (χ1) is 10.6. The van der Waals surface area contributed by atoms with Crippen LogP contribution < -0.4 is 5.32 Å². The number of thiophene rings is 1. The molecule has 112 valence electrons. The molecule has 0 aliphatic carbocycles. The van der Waals surface area contributed by atoms with Gasteiger partial charge in [0, 0.05) is 28.9 Å². The van der Waals surface area contributed by atoms with Crippen LogP contribution >= 0.6 is 11.3 Å². The lowest BCUT2D eigenvalue weighted by atomic mass is 10.1. The zero-order chi connectivity index (χ0) is 15.7. The molecule has 0 radical (unpaired) electrons. The van der Waals surface area contributed by atoms with Crippen LogP contribution in [-0.2, 0) is 7.05 Å². The molecule has 1 aromatic carbocycles. The molecular weight excluding hydrogens is 294 g/mol. The fourth-order valence-corrected chi connectivity index (χ4v) is 3.49. The summed E-state index contributed by atoms with van der Waals surface area (Å²) in [7, 11) is 1.93. The van der Waals surface area contributed by atoms with Crippen LogP contribution in [0.1, 0.15) is 21.1 Å². The summed E-state index contributed by atoms with van der Waals surface area (Å²) in [6.07, 6.45) is 0. The van der Waals surface area contributed by atoms with Crippen molar-refractivity contribution in [3.63, 3.8) is 0 Å². The number of carbonyl (C=O) groups is 1. The van der Waals surface area contributed by atoms with E-state index in [9.17, 15) is 4.79 Å². The van der Waals surface area contributed by atoms with Gasteiger partial charge in [-0.2, -0.15) is 5.10 Å². The SMILES string of the molecule is Cc1nn(C)c(C)c1-c1ccc(C(=O)Nc2ccccc2)s1. The van der Waals surface area contributed by atoms with Crippen LogP contribution in [0.3, 0.4) is 0 Å². The van der Waals surface area contributed by atoms with Crippen molar-refractivity contribution in [1.82, 2.24) is 9.78 Å². The van der Waals surface area contributed by atoms with Crippen molar-refractivity contribution >= 4 is 22.9 Å². The van der Waals surface area contributed by atoms with Gasteiger partial charge in [0.2, 0.25) is 0 Å². The van der Waals surface area contributed by atoms with E-state index in [2.05, 4.69) is 10.4 Å². The Kier molecular flexibility index (Phi) is 3.81. The van der Waals surface area contributed by atoms with Crippen LogP contribution in [0.15, 0.2) is 42.5 Å². The summed E-state index contributed by atoms with van der Waals surface area (Å²) >= 11 is 1.49. The van der Waals surface area contributed by atoms with E-state index in [1.165, 1.54) is 11.3 Å². The Morgan fingerprint density at radius 2 is 1.86 bits per heavy atom. The number of carbonyl (C=O) groups excluding carboxylic acids is 1. The van der Waals surface area contributed by atoms with Crippen LogP contribution in [0.2, 0.25) is 0 Å². The smallest absolute Gasteiger partial charge is 0.265 e. The molecule has 0 unspecified atom stereocenters. The Hall–Kier alpha value is -2.40. The highest BCUT2D eigenvalue weighted by atomic mass is 32.1. The largest absolute Gasteiger partial charge is 0.321 e. The zero-order valence-corrected chi connectivity index (χ0v) is 13.6. The van der Waals surface area contributed by atoms with Crippen molar-refractivity contribution in [2.24, 2.45) is 7.05 Å². The van der Waals surface area contributed by atoms with Crippen LogP contribution in [0, 0.1) is 13.8 Å². The number of amides is 1. The topological polar surface area (TPSA) is 46.9 Å². The predicted molar refractivity (Wildman–Crippen MR) is 90.4 cm³/mol. The van der Waals surface area contributed by atoms with Crippen molar-refractivity contribution in [3.05, 3.63) is 58.7 Å². The third kappa shape index (κ3) is 2.67. The van der Waals surface area contributed by atoms with Crippen molar-refractivity contribution in [1.29, 1.82) is 0 Å². The molecule has 3 aromatic rings. The van der Waals surface area contributed by atoms with Crippen LogP contribution in [0.4, 0.5) is 5.69 Å². The van der Waals surface area contributed by atoms with E-state index in [0.29, 0.717) is 4.88 Å². The number of aryl methyl sites for hydroxylation is 2. The molecule has 1 N–H and O–H groups in total. The van der Waals surface area contributed by atoms with Crippen LogP contribution in [-0.4, -0.2) is 15.7 Å². The van der Waals surface area contributed by atoms with Gasteiger partial charge in [-0.25, -0.2) is 0 Å². The van der Waals surface area contributed by atoms with Crippen molar-refractivity contribution in [3.8, 4) is 10.4 Å². The summed E-state index contributed by atoms with van der Waals surface area (Å²) < 4.78 is 1.87. The molecule has 22 heavy (non-hydrogen) atoms. The fourth-order valence-electron chi connectivity index (χ4n) is 2.44. The van der Waals surface area contributed by atoms with Gasteiger partial charge in [0.1, 0.15) is 0 Å². The van der Waals surface area contributed by atoms with Gasteiger partial charge in [-0.1, -0.05) is 18.2 Å². The quantitative estimate of drug-likeness (QED) is 0.794. The number of hydrogen-bond donors (Lipinski definition) is 1.